The molecular weight excluding hydrogens is 344 g/mol. The van der Waals surface area contributed by atoms with Crippen molar-refractivity contribution in [3.8, 4) is 0 Å². The summed E-state index contributed by atoms with van der Waals surface area (Å²) in [4.78, 5) is 16.1. The summed E-state index contributed by atoms with van der Waals surface area (Å²) < 4.78 is 32.1. The van der Waals surface area contributed by atoms with Crippen LogP contribution in [0.1, 0.15) is 11.8 Å². The number of hydrogen-bond acceptors (Lipinski definition) is 6. The number of fused-ring (bicyclic) bond motifs is 1. The van der Waals surface area contributed by atoms with Gasteiger partial charge in [0.25, 0.3) is 15.9 Å². The molecule has 1 aromatic rings. The molecule has 3 rings (SSSR count). The number of sulfonamides is 1. The van der Waals surface area contributed by atoms with Gasteiger partial charge in [-0.3, -0.25) is 9.69 Å². The number of likely N-dealkylation sites (N-methyl/N-ethyl adjacent to an activating group) is 1. The van der Waals surface area contributed by atoms with Gasteiger partial charge in [-0.2, -0.15) is 0 Å². The molecule has 1 unspecified atom stereocenters. The van der Waals surface area contributed by atoms with Gasteiger partial charge in [0.05, 0.1) is 23.6 Å². The van der Waals surface area contributed by atoms with Crippen molar-refractivity contribution in [1.29, 1.82) is 0 Å². The number of amidine groups is 1. The van der Waals surface area contributed by atoms with Crippen LogP contribution in [0.3, 0.4) is 0 Å². The Morgan fingerprint density at radius 2 is 2.24 bits per heavy atom. The maximum Gasteiger partial charge on any atom is 0.256 e. The minimum absolute atomic E-state index is 0.0586. The molecule has 0 saturated carbocycles. The standard InChI is InChI=1S/C16H20N4O4S/c1-19(2)13(14-4-3-8-24-14)10-17-16(21)12-5-6-15-18-25(22,23)9-7-20(15)11-12/h3-6,8,11,13H,7,9-10H2,1-2H3,(H,17,21). The number of nitrogens with zero attached hydrogens (tertiary/aromatic N) is 3. The highest BCUT2D eigenvalue weighted by Gasteiger charge is 2.25. The normalized spacial score (nSPS) is 19.9. The van der Waals surface area contributed by atoms with Crippen molar-refractivity contribution >= 4 is 21.8 Å². The van der Waals surface area contributed by atoms with Crippen LogP contribution >= 0.6 is 0 Å². The lowest BCUT2D eigenvalue weighted by atomic mass is 10.1. The molecular formula is C16H20N4O4S. The van der Waals surface area contributed by atoms with E-state index < -0.39 is 10.0 Å². The van der Waals surface area contributed by atoms with Crippen molar-refractivity contribution in [2.75, 3.05) is 32.9 Å². The van der Waals surface area contributed by atoms with E-state index in [4.69, 9.17) is 4.42 Å². The molecule has 0 saturated heterocycles. The molecule has 0 fully saturated rings. The molecule has 8 nitrogen and oxygen atoms in total. The van der Waals surface area contributed by atoms with Crippen LogP contribution in [0, 0.1) is 0 Å². The molecule has 25 heavy (non-hydrogen) atoms. The average molecular weight is 364 g/mol. The monoisotopic (exact) mass is 364 g/mol. The van der Waals surface area contributed by atoms with Crippen molar-refractivity contribution in [3.05, 3.63) is 48.1 Å². The van der Waals surface area contributed by atoms with Gasteiger partial charge in [0.15, 0.2) is 0 Å². The zero-order valence-electron chi connectivity index (χ0n) is 14.0. The molecule has 2 aliphatic heterocycles. The van der Waals surface area contributed by atoms with Gasteiger partial charge in [0, 0.05) is 19.3 Å². The Balaban J connectivity index is 1.66. The van der Waals surface area contributed by atoms with E-state index in [-0.39, 0.29) is 24.2 Å². The van der Waals surface area contributed by atoms with E-state index >= 15 is 0 Å². The Morgan fingerprint density at radius 3 is 2.92 bits per heavy atom. The van der Waals surface area contributed by atoms with E-state index in [1.807, 2.05) is 31.1 Å². The van der Waals surface area contributed by atoms with Crippen molar-refractivity contribution in [1.82, 2.24) is 15.1 Å². The Labute approximate surface area is 146 Å². The fraction of sp³-hybridized carbons (Fsp3) is 0.375. The minimum atomic E-state index is -3.40. The van der Waals surface area contributed by atoms with Gasteiger partial charge in [0.2, 0.25) is 0 Å². The lowest BCUT2D eigenvalue weighted by molar-refractivity contribution is -0.117. The van der Waals surface area contributed by atoms with Gasteiger partial charge in [-0.15, -0.1) is 4.40 Å². The van der Waals surface area contributed by atoms with Gasteiger partial charge in [0.1, 0.15) is 11.6 Å². The molecule has 1 aromatic heterocycles. The van der Waals surface area contributed by atoms with Crippen molar-refractivity contribution in [2.24, 2.45) is 4.40 Å². The van der Waals surface area contributed by atoms with E-state index in [0.29, 0.717) is 18.0 Å². The Kier molecular flexibility index (Phi) is 4.78. The number of furan rings is 1. The minimum Gasteiger partial charge on any atom is -0.468 e. The Bertz CT molecular complexity index is 837. The summed E-state index contributed by atoms with van der Waals surface area (Å²) in [5, 5.41) is 2.89. The molecule has 134 valence electrons. The lowest BCUT2D eigenvalue weighted by Gasteiger charge is -2.27. The zero-order valence-corrected chi connectivity index (χ0v) is 14.9. The quantitative estimate of drug-likeness (QED) is 0.817. The van der Waals surface area contributed by atoms with Crippen molar-refractivity contribution < 1.29 is 17.6 Å². The third kappa shape index (κ3) is 3.99. The second-order valence-corrected chi connectivity index (χ2v) is 7.81. The van der Waals surface area contributed by atoms with Gasteiger partial charge in [-0.1, -0.05) is 0 Å². The molecule has 1 N–H and O–H groups in total. The number of rotatable bonds is 5. The van der Waals surface area contributed by atoms with Crippen LogP contribution in [0.4, 0.5) is 0 Å². The Morgan fingerprint density at radius 1 is 1.44 bits per heavy atom. The highest BCUT2D eigenvalue weighted by Crippen LogP contribution is 2.19. The van der Waals surface area contributed by atoms with E-state index in [1.54, 1.807) is 29.5 Å². The summed E-state index contributed by atoms with van der Waals surface area (Å²) in [6, 6.07) is 3.60. The SMILES string of the molecule is CN(C)C(CNC(=O)C1=CN2CCS(=O)(=O)N=C2C=C1)c1ccco1. The summed E-state index contributed by atoms with van der Waals surface area (Å²) in [6.07, 6.45) is 6.34. The topological polar surface area (TPSA) is 95.2 Å². The molecule has 9 heteroatoms. The molecule has 0 aromatic carbocycles. The predicted octanol–water partition coefficient (Wildman–Crippen LogP) is 0.496. The summed E-state index contributed by atoms with van der Waals surface area (Å²) in [6.45, 7) is 0.675. The number of carbonyl (C=O) groups is 1. The van der Waals surface area contributed by atoms with Crippen LogP contribution in [-0.2, 0) is 14.8 Å². The highest BCUT2D eigenvalue weighted by molar-refractivity contribution is 7.90. The molecule has 0 bridgehead atoms. The fourth-order valence-electron chi connectivity index (χ4n) is 2.65. The second kappa shape index (κ2) is 6.85. The maximum absolute atomic E-state index is 12.4. The van der Waals surface area contributed by atoms with Crippen LogP contribution in [0.15, 0.2) is 51.1 Å². The first kappa shape index (κ1) is 17.4. The van der Waals surface area contributed by atoms with E-state index in [1.165, 1.54) is 0 Å². The third-order valence-corrected chi connectivity index (χ3v) is 5.20. The summed E-state index contributed by atoms with van der Waals surface area (Å²) in [5.41, 5.74) is 0.454. The molecule has 0 radical (unpaired) electrons. The van der Waals surface area contributed by atoms with Crippen molar-refractivity contribution in [2.45, 2.75) is 6.04 Å². The third-order valence-electron chi connectivity index (χ3n) is 4.04. The predicted molar refractivity (Wildman–Crippen MR) is 93.3 cm³/mol. The number of nitrogens with one attached hydrogen (secondary N) is 1. The largest absolute Gasteiger partial charge is 0.468 e. The van der Waals surface area contributed by atoms with Crippen molar-refractivity contribution in [3.63, 3.8) is 0 Å². The number of amides is 1. The maximum atomic E-state index is 12.4. The first-order valence-electron chi connectivity index (χ1n) is 7.83. The van der Waals surface area contributed by atoms with Gasteiger partial charge < -0.3 is 14.6 Å². The average Bonchev–Trinajstić information content (AvgIpc) is 3.07. The molecule has 1 atom stereocenters. The van der Waals surface area contributed by atoms with Crippen LogP contribution in [0.2, 0.25) is 0 Å². The molecule has 1 amide bonds. The smallest absolute Gasteiger partial charge is 0.256 e. The first-order chi connectivity index (χ1) is 11.9. The molecule has 0 aliphatic carbocycles. The second-order valence-electron chi connectivity index (χ2n) is 6.05. The van der Waals surface area contributed by atoms with Crippen LogP contribution < -0.4 is 5.32 Å². The summed E-state index contributed by atoms with van der Waals surface area (Å²) in [5.74, 6) is 0.817. The van der Waals surface area contributed by atoms with Crippen LogP contribution in [0.25, 0.3) is 0 Å². The molecule has 2 aliphatic rings. The Hall–Kier alpha value is -2.39. The van der Waals surface area contributed by atoms with Gasteiger partial charge in [-0.05, 0) is 38.4 Å². The number of carbonyl (C=O) groups excluding carboxylic acids is 1. The zero-order chi connectivity index (χ0) is 18.0. The van der Waals surface area contributed by atoms with E-state index in [9.17, 15) is 13.2 Å². The fourth-order valence-corrected chi connectivity index (χ4v) is 3.61. The van der Waals surface area contributed by atoms with Gasteiger partial charge >= 0.3 is 0 Å². The highest BCUT2D eigenvalue weighted by atomic mass is 32.2. The van der Waals surface area contributed by atoms with Crippen LogP contribution in [-0.4, -0.2) is 62.9 Å². The van der Waals surface area contributed by atoms with E-state index in [0.717, 1.165) is 5.76 Å². The summed E-state index contributed by atoms with van der Waals surface area (Å²) in [7, 11) is 0.428. The molecule has 0 spiro atoms. The first-order valence-corrected chi connectivity index (χ1v) is 9.44. The number of hydrogen-bond donors (Lipinski definition) is 1. The van der Waals surface area contributed by atoms with Gasteiger partial charge in [-0.25, -0.2) is 8.42 Å². The summed E-state index contributed by atoms with van der Waals surface area (Å²) >= 11 is 0. The lowest BCUT2D eigenvalue weighted by Crippen LogP contribution is -2.39. The van der Waals surface area contributed by atoms with Crippen LogP contribution in [0.5, 0.6) is 0 Å². The molecule has 3 heterocycles. The van der Waals surface area contributed by atoms with E-state index in [2.05, 4.69) is 9.71 Å².